The maximum absolute atomic E-state index is 11.1. The molecule has 90 valence electrons. The average molecular weight is 219 g/mol. The Labute approximate surface area is 90.4 Å². The summed E-state index contributed by atoms with van der Waals surface area (Å²) in [5, 5.41) is 21.8. The molecule has 15 heavy (non-hydrogen) atoms. The van der Waals surface area contributed by atoms with Gasteiger partial charge in [0.15, 0.2) is 5.60 Å². The molecule has 0 spiro atoms. The molecular formula is C10H21NO4. The van der Waals surface area contributed by atoms with Crippen molar-refractivity contribution in [3.8, 4) is 0 Å². The number of hydrogen-bond acceptors (Lipinski definition) is 5. The molecule has 0 aromatic carbocycles. The summed E-state index contributed by atoms with van der Waals surface area (Å²) in [6, 6.07) is 0. The highest BCUT2D eigenvalue weighted by Gasteiger charge is 2.30. The van der Waals surface area contributed by atoms with Gasteiger partial charge in [-0.15, -0.1) is 0 Å². The van der Waals surface area contributed by atoms with Gasteiger partial charge in [0.2, 0.25) is 0 Å². The first kappa shape index (κ1) is 14.3. The third-order valence-electron chi connectivity index (χ3n) is 2.10. The highest BCUT2D eigenvalue weighted by Crippen LogP contribution is 2.04. The van der Waals surface area contributed by atoms with Crippen molar-refractivity contribution in [2.24, 2.45) is 0 Å². The summed E-state index contributed by atoms with van der Waals surface area (Å²) >= 11 is 0. The van der Waals surface area contributed by atoms with E-state index in [1.807, 2.05) is 6.92 Å². The fraction of sp³-hybridized carbons (Fsp3) is 0.900. The van der Waals surface area contributed by atoms with E-state index in [0.29, 0.717) is 13.0 Å². The van der Waals surface area contributed by atoms with E-state index in [4.69, 9.17) is 0 Å². The maximum Gasteiger partial charge on any atom is 0.338 e. The van der Waals surface area contributed by atoms with Gasteiger partial charge in [0.1, 0.15) is 0 Å². The number of aliphatic hydroxyl groups is 2. The molecule has 0 saturated heterocycles. The fourth-order valence-electron chi connectivity index (χ4n) is 1.21. The number of carbonyl (C=O) groups is 1. The van der Waals surface area contributed by atoms with Crippen LogP contribution in [-0.2, 0) is 9.53 Å². The van der Waals surface area contributed by atoms with E-state index in [1.54, 1.807) is 0 Å². The molecular weight excluding hydrogens is 198 g/mol. The third kappa shape index (κ3) is 5.71. The van der Waals surface area contributed by atoms with E-state index in [0.717, 1.165) is 6.42 Å². The number of nitrogens with one attached hydrogen (secondary N) is 1. The lowest BCUT2D eigenvalue weighted by molar-refractivity contribution is -0.160. The van der Waals surface area contributed by atoms with Gasteiger partial charge in [-0.1, -0.05) is 13.3 Å². The summed E-state index contributed by atoms with van der Waals surface area (Å²) in [7, 11) is 1.22. The number of rotatable bonds is 7. The molecule has 5 nitrogen and oxygen atoms in total. The lowest BCUT2D eigenvalue weighted by atomic mass is 10.1. The topological polar surface area (TPSA) is 78.8 Å². The molecule has 0 aromatic rings. The molecule has 2 unspecified atom stereocenters. The first-order valence-corrected chi connectivity index (χ1v) is 5.13. The van der Waals surface area contributed by atoms with Crippen molar-refractivity contribution in [3.05, 3.63) is 0 Å². The van der Waals surface area contributed by atoms with Crippen molar-refractivity contribution < 1.29 is 19.7 Å². The first-order chi connectivity index (χ1) is 6.94. The predicted molar refractivity (Wildman–Crippen MR) is 56.4 cm³/mol. The second kappa shape index (κ2) is 6.76. The normalized spacial score (nSPS) is 16.9. The van der Waals surface area contributed by atoms with Gasteiger partial charge in [-0.2, -0.15) is 0 Å². The number of carbonyl (C=O) groups excluding carboxylic acids is 1. The highest BCUT2D eigenvalue weighted by atomic mass is 16.5. The van der Waals surface area contributed by atoms with E-state index in [9.17, 15) is 15.0 Å². The predicted octanol–water partition coefficient (Wildman–Crippen LogP) is -0.339. The fourth-order valence-corrected chi connectivity index (χ4v) is 1.21. The van der Waals surface area contributed by atoms with Crippen molar-refractivity contribution in [1.82, 2.24) is 5.32 Å². The molecule has 3 N–H and O–H groups in total. The molecule has 2 atom stereocenters. The van der Waals surface area contributed by atoms with Crippen LogP contribution in [0.5, 0.6) is 0 Å². The lowest BCUT2D eigenvalue weighted by Gasteiger charge is -2.21. The number of hydrogen-bond donors (Lipinski definition) is 3. The molecule has 0 aliphatic heterocycles. The number of ether oxygens (including phenoxy) is 1. The maximum atomic E-state index is 11.1. The quantitative estimate of drug-likeness (QED) is 0.511. The monoisotopic (exact) mass is 219 g/mol. The summed E-state index contributed by atoms with van der Waals surface area (Å²) in [5.74, 6) is -0.681. The van der Waals surface area contributed by atoms with Gasteiger partial charge >= 0.3 is 5.97 Å². The van der Waals surface area contributed by atoms with Gasteiger partial charge in [0.05, 0.1) is 13.2 Å². The Morgan fingerprint density at radius 1 is 1.60 bits per heavy atom. The van der Waals surface area contributed by atoms with Crippen molar-refractivity contribution in [1.29, 1.82) is 0 Å². The van der Waals surface area contributed by atoms with Crippen LogP contribution < -0.4 is 5.32 Å². The first-order valence-electron chi connectivity index (χ1n) is 5.13. The lowest BCUT2D eigenvalue weighted by Crippen LogP contribution is -2.47. The van der Waals surface area contributed by atoms with Crippen LogP contribution in [0.3, 0.4) is 0 Å². The Morgan fingerprint density at radius 2 is 2.20 bits per heavy atom. The largest absolute Gasteiger partial charge is 0.467 e. The molecule has 0 aliphatic rings. The molecule has 0 heterocycles. The Bertz CT molecular complexity index is 194. The van der Waals surface area contributed by atoms with Gasteiger partial charge in [-0.25, -0.2) is 4.79 Å². The van der Waals surface area contributed by atoms with Gasteiger partial charge in [-0.3, -0.25) is 0 Å². The number of methoxy groups -OCH3 is 1. The Kier molecular flexibility index (Phi) is 6.47. The molecule has 0 saturated carbocycles. The summed E-state index contributed by atoms with van der Waals surface area (Å²) in [6.07, 6.45) is 1.16. The summed E-state index contributed by atoms with van der Waals surface area (Å²) in [4.78, 5) is 11.1. The van der Waals surface area contributed by atoms with E-state index in [-0.39, 0.29) is 6.54 Å². The summed E-state index contributed by atoms with van der Waals surface area (Å²) in [6.45, 7) is 3.79. The summed E-state index contributed by atoms with van der Waals surface area (Å²) in [5.41, 5.74) is -1.54. The van der Waals surface area contributed by atoms with Crippen molar-refractivity contribution >= 4 is 5.97 Å². The minimum Gasteiger partial charge on any atom is -0.467 e. The third-order valence-corrected chi connectivity index (χ3v) is 2.10. The molecule has 0 radical (unpaired) electrons. The van der Waals surface area contributed by atoms with Gasteiger partial charge < -0.3 is 20.3 Å². The smallest absolute Gasteiger partial charge is 0.338 e. The zero-order valence-corrected chi connectivity index (χ0v) is 9.62. The SMILES string of the molecule is CCCC(O)CNCC(C)(O)C(=O)OC. The Hall–Kier alpha value is -0.650. The van der Waals surface area contributed by atoms with E-state index >= 15 is 0 Å². The molecule has 5 heteroatoms. The standard InChI is InChI=1S/C10H21NO4/c1-4-5-8(12)6-11-7-10(2,14)9(13)15-3/h8,11-12,14H,4-7H2,1-3H3. The average Bonchev–Trinajstić information content (AvgIpc) is 2.16. The van der Waals surface area contributed by atoms with Crippen LogP contribution in [0.2, 0.25) is 0 Å². The van der Waals surface area contributed by atoms with Crippen LogP contribution >= 0.6 is 0 Å². The van der Waals surface area contributed by atoms with Crippen LogP contribution in [0.4, 0.5) is 0 Å². The number of esters is 1. The molecule has 0 fully saturated rings. The van der Waals surface area contributed by atoms with E-state index in [1.165, 1.54) is 14.0 Å². The van der Waals surface area contributed by atoms with Gasteiger partial charge in [0, 0.05) is 13.1 Å². The minimum absolute atomic E-state index is 0.0699. The van der Waals surface area contributed by atoms with Crippen molar-refractivity contribution in [3.63, 3.8) is 0 Å². The van der Waals surface area contributed by atoms with Crippen LogP contribution in [0, 0.1) is 0 Å². The van der Waals surface area contributed by atoms with Crippen LogP contribution in [0.15, 0.2) is 0 Å². The van der Waals surface area contributed by atoms with E-state index < -0.39 is 17.7 Å². The van der Waals surface area contributed by atoms with Crippen LogP contribution in [0.25, 0.3) is 0 Å². The second-order valence-electron chi connectivity index (χ2n) is 3.84. The van der Waals surface area contributed by atoms with Crippen molar-refractivity contribution in [2.45, 2.75) is 38.4 Å². The molecule has 0 aromatic heterocycles. The Morgan fingerprint density at radius 3 is 2.67 bits per heavy atom. The van der Waals surface area contributed by atoms with Gasteiger partial charge in [0.25, 0.3) is 0 Å². The zero-order valence-electron chi connectivity index (χ0n) is 9.62. The molecule has 0 rings (SSSR count). The van der Waals surface area contributed by atoms with Gasteiger partial charge in [-0.05, 0) is 13.3 Å². The Balaban J connectivity index is 3.79. The second-order valence-corrected chi connectivity index (χ2v) is 3.84. The van der Waals surface area contributed by atoms with E-state index in [2.05, 4.69) is 10.1 Å². The highest BCUT2D eigenvalue weighted by molar-refractivity contribution is 5.78. The van der Waals surface area contributed by atoms with Crippen LogP contribution in [-0.4, -0.2) is 48.1 Å². The molecule has 0 aliphatic carbocycles. The van der Waals surface area contributed by atoms with Crippen LogP contribution in [0.1, 0.15) is 26.7 Å². The summed E-state index contributed by atoms with van der Waals surface area (Å²) < 4.78 is 4.43. The number of aliphatic hydroxyl groups excluding tert-OH is 1. The van der Waals surface area contributed by atoms with Crippen molar-refractivity contribution in [2.75, 3.05) is 20.2 Å². The molecule has 0 bridgehead atoms. The zero-order chi connectivity index (χ0) is 11.9. The minimum atomic E-state index is -1.54. The molecule has 0 amide bonds.